The minimum Gasteiger partial charge on any atom is -0.310 e. The summed E-state index contributed by atoms with van der Waals surface area (Å²) in [6, 6.07) is 36.9. The number of hydrogen-bond acceptors (Lipinski definition) is 4. The number of aromatic nitrogens is 1. The summed E-state index contributed by atoms with van der Waals surface area (Å²) in [5.41, 5.74) is 4.63. The lowest BCUT2D eigenvalue weighted by atomic mass is 10.0. The predicted octanol–water partition coefficient (Wildman–Crippen LogP) is 9.50. The highest BCUT2D eigenvalue weighted by molar-refractivity contribution is 7.26. The van der Waals surface area contributed by atoms with Gasteiger partial charge in [-0.05, 0) is 46.9 Å². The maximum Gasteiger partial charge on any atom is 0.211 e. The van der Waals surface area contributed by atoms with Crippen molar-refractivity contribution in [1.82, 2.24) is 9.88 Å². The van der Waals surface area contributed by atoms with E-state index in [1.165, 1.54) is 52.8 Å². The van der Waals surface area contributed by atoms with Crippen LogP contribution >= 0.6 is 11.3 Å². The molecule has 5 heteroatoms. The van der Waals surface area contributed by atoms with Crippen molar-refractivity contribution >= 4 is 75.9 Å². The largest absolute Gasteiger partial charge is 0.310 e. The molecule has 1 N–H and O–H groups in total. The minimum atomic E-state index is -0.328. The fraction of sp³-hybridized carbons (Fsp3) is 0.0811. The lowest BCUT2D eigenvalue weighted by Crippen LogP contribution is -2.40. The number of fused-ring (bicyclic) bond motifs is 9. The number of para-hydroxylation sites is 1. The van der Waals surface area contributed by atoms with Crippen LogP contribution in [0.5, 0.6) is 0 Å². The Balaban J connectivity index is 1.36. The topological polar surface area (TPSA) is 41.7 Å². The molecule has 1 unspecified atom stereocenters. The summed E-state index contributed by atoms with van der Waals surface area (Å²) in [5.74, 6) is 1.71. The molecule has 0 fully saturated rings. The van der Waals surface area contributed by atoms with Crippen molar-refractivity contribution in [1.29, 1.82) is 0 Å². The molecule has 3 heterocycles. The molecule has 0 radical (unpaired) electrons. The summed E-state index contributed by atoms with van der Waals surface area (Å²) in [5, 5.41) is 11.3. The SMILES string of the molecule is C1=CCCC(C2=NC(c3ccccc3)N=C(n3c4ccccc4c4ccc5c(sc6ccc7ccccc7c65)c43)N2)=C1. The van der Waals surface area contributed by atoms with Crippen LogP contribution in [-0.2, 0) is 0 Å². The molecule has 42 heavy (non-hydrogen) atoms. The third-order valence-corrected chi connectivity index (χ3v) is 9.69. The Morgan fingerprint density at radius 1 is 0.738 bits per heavy atom. The van der Waals surface area contributed by atoms with Crippen LogP contribution < -0.4 is 5.32 Å². The second-order valence-corrected chi connectivity index (χ2v) is 12.0. The van der Waals surface area contributed by atoms with E-state index in [4.69, 9.17) is 9.98 Å². The molecule has 0 spiro atoms. The molecule has 7 aromatic rings. The average molecular weight is 559 g/mol. The molecule has 2 aliphatic rings. The van der Waals surface area contributed by atoms with Crippen molar-refractivity contribution in [2.24, 2.45) is 9.98 Å². The van der Waals surface area contributed by atoms with Crippen molar-refractivity contribution in [3.05, 3.63) is 132 Å². The van der Waals surface area contributed by atoms with Gasteiger partial charge in [-0.3, -0.25) is 4.57 Å². The third kappa shape index (κ3) is 3.53. The van der Waals surface area contributed by atoms with Gasteiger partial charge in [0.1, 0.15) is 5.84 Å². The van der Waals surface area contributed by atoms with Gasteiger partial charge in [0.05, 0.1) is 15.7 Å². The molecule has 1 aliphatic heterocycles. The molecule has 4 nitrogen and oxygen atoms in total. The maximum atomic E-state index is 5.29. The van der Waals surface area contributed by atoms with Gasteiger partial charge in [-0.2, -0.15) is 0 Å². The monoisotopic (exact) mass is 558 g/mol. The summed E-state index contributed by atoms with van der Waals surface area (Å²) >= 11 is 1.87. The number of nitrogens with zero attached hydrogens (tertiary/aromatic N) is 3. The van der Waals surface area contributed by atoms with Crippen LogP contribution in [0.2, 0.25) is 0 Å². The van der Waals surface area contributed by atoms with E-state index < -0.39 is 0 Å². The molecule has 200 valence electrons. The molecule has 0 saturated heterocycles. The average Bonchev–Trinajstić information content (AvgIpc) is 3.62. The summed E-state index contributed by atoms with van der Waals surface area (Å²) in [6.07, 6.45) is 8.18. The highest BCUT2D eigenvalue weighted by Gasteiger charge is 2.26. The number of allylic oxidation sites excluding steroid dienone is 3. The fourth-order valence-corrected chi connectivity index (χ4v) is 7.82. The van der Waals surface area contributed by atoms with Crippen LogP contribution in [0.4, 0.5) is 0 Å². The van der Waals surface area contributed by atoms with E-state index in [9.17, 15) is 0 Å². The second kappa shape index (κ2) is 9.26. The Bertz CT molecular complexity index is 2330. The number of hydrogen-bond donors (Lipinski definition) is 1. The molecule has 0 saturated carbocycles. The molecule has 2 aromatic heterocycles. The van der Waals surface area contributed by atoms with Gasteiger partial charge in [0.25, 0.3) is 0 Å². The minimum absolute atomic E-state index is 0.328. The van der Waals surface area contributed by atoms with E-state index in [-0.39, 0.29) is 6.17 Å². The number of rotatable bonds is 2. The number of nitrogens with one attached hydrogen (secondary N) is 1. The van der Waals surface area contributed by atoms with Gasteiger partial charge in [0, 0.05) is 26.2 Å². The smallest absolute Gasteiger partial charge is 0.211 e. The van der Waals surface area contributed by atoms with Crippen LogP contribution in [0.3, 0.4) is 0 Å². The first kappa shape index (κ1) is 23.7. The Morgan fingerprint density at radius 3 is 2.43 bits per heavy atom. The van der Waals surface area contributed by atoms with E-state index in [1.807, 2.05) is 17.4 Å². The zero-order valence-electron chi connectivity index (χ0n) is 22.8. The maximum absolute atomic E-state index is 5.29. The standard InChI is InChI=1S/C37H26N4S/c1-3-12-24(13-4-1)35-38-36(25-14-5-2-6-15-25)40-37(39-35)41-30-18-10-9-17-27(30)28-20-21-29-32-26-16-8-7-11-23(26)19-22-31(32)42-34(29)33(28)41/h1-5,7-14,16-22,35H,6,15H2,(H,38,39,40). The molecule has 5 aromatic carbocycles. The van der Waals surface area contributed by atoms with Gasteiger partial charge in [0.15, 0.2) is 6.17 Å². The number of benzene rings is 5. The van der Waals surface area contributed by atoms with Gasteiger partial charge >= 0.3 is 0 Å². The van der Waals surface area contributed by atoms with Crippen molar-refractivity contribution in [3.63, 3.8) is 0 Å². The molecule has 9 rings (SSSR count). The first-order chi connectivity index (χ1) is 20.8. The highest BCUT2D eigenvalue weighted by Crippen LogP contribution is 2.44. The number of aliphatic imine (C=N–C) groups is 2. The Labute approximate surface area is 246 Å². The lowest BCUT2D eigenvalue weighted by Gasteiger charge is -2.25. The zero-order valence-corrected chi connectivity index (χ0v) is 23.6. The first-order valence-corrected chi connectivity index (χ1v) is 15.3. The Hall–Kier alpha value is -5.00. The van der Waals surface area contributed by atoms with E-state index >= 15 is 0 Å². The van der Waals surface area contributed by atoms with E-state index in [0.717, 1.165) is 35.7 Å². The van der Waals surface area contributed by atoms with Gasteiger partial charge in [-0.25, -0.2) is 9.98 Å². The number of thiophene rings is 1. The van der Waals surface area contributed by atoms with Crippen LogP contribution in [0.1, 0.15) is 24.6 Å². The molecule has 0 amide bonds. The predicted molar refractivity (Wildman–Crippen MR) is 179 cm³/mol. The van der Waals surface area contributed by atoms with Gasteiger partial charge in [0.2, 0.25) is 5.96 Å². The highest BCUT2D eigenvalue weighted by atomic mass is 32.1. The summed E-state index contributed by atoms with van der Waals surface area (Å²) in [4.78, 5) is 10.4. The van der Waals surface area contributed by atoms with E-state index in [2.05, 4.69) is 125 Å². The normalized spacial score (nSPS) is 17.1. The van der Waals surface area contributed by atoms with Crippen LogP contribution in [-0.4, -0.2) is 16.4 Å². The van der Waals surface area contributed by atoms with Gasteiger partial charge < -0.3 is 5.32 Å². The van der Waals surface area contributed by atoms with Crippen LogP contribution in [0.15, 0.2) is 137 Å². The lowest BCUT2D eigenvalue weighted by molar-refractivity contribution is 0.742. The molecule has 0 bridgehead atoms. The number of amidine groups is 1. The molecular formula is C37H26N4S. The van der Waals surface area contributed by atoms with Gasteiger partial charge in [-0.1, -0.05) is 109 Å². The van der Waals surface area contributed by atoms with E-state index in [1.54, 1.807) is 0 Å². The van der Waals surface area contributed by atoms with Gasteiger partial charge in [-0.15, -0.1) is 11.3 Å². The fourth-order valence-electron chi connectivity index (χ4n) is 6.56. The Kier molecular flexibility index (Phi) is 5.22. The summed E-state index contributed by atoms with van der Waals surface area (Å²) in [6.45, 7) is 0. The van der Waals surface area contributed by atoms with Crippen LogP contribution in [0, 0.1) is 0 Å². The molecule has 1 aliphatic carbocycles. The van der Waals surface area contributed by atoms with Crippen molar-refractivity contribution in [2.45, 2.75) is 19.0 Å². The zero-order chi connectivity index (χ0) is 27.6. The molecular weight excluding hydrogens is 533 g/mol. The van der Waals surface area contributed by atoms with Crippen molar-refractivity contribution in [2.75, 3.05) is 0 Å². The van der Waals surface area contributed by atoms with Crippen molar-refractivity contribution in [3.8, 4) is 0 Å². The Morgan fingerprint density at radius 2 is 1.55 bits per heavy atom. The molecule has 1 atom stereocenters. The van der Waals surface area contributed by atoms with Crippen molar-refractivity contribution < 1.29 is 0 Å². The second-order valence-electron chi connectivity index (χ2n) is 11.0. The third-order valence-electron chi connectivity index (χ3n) is 8.52. The van der Waals surface area contributed by atoms with E-state index in [0.29, 0.717) is 0 Å². The quantitative estimate of drug-likeness (QED) is 0.226. The summed E-state index contributed by atoms with van der Waals surface area (Å²) < 4.78 is 4.92. The summed E-state index contributed by atoms with van der Waals surface area (Å²) in [7, 11) is 0. The first-order valence-electron chi connectivity index (χ1n) is 14.4. The van der Waals surface area contributed by atoms with Crippen LogP contribution in [0.25, 0.3) is 52.8 Å².